The van der Waals surface area contributed by atoms with Crippen molar-refractivity contribution in [3.8, 4) is 11.1 Å². The highest BCUT2D eigenvalue weighted by Crippen LogP contribution is 2.30. The summed E-state index contributed by atoms with van der Waals surface area (Å²) < 4.78 is 4.86. The minimum absolute atomic E-state index is 0.0557. The van der Waals surface area contributed by atoms with Gasteiger partial charge in [0.2, 0.25) is 5.91 Å². The molecule has 0 fully saturated rings. The molecule has 0 bridgehead atoms. The fourth-order valence-electron chi connectivity index (χ4n) is 4.22. The molecule has 1 atom stereocenters. The number of carbonyl (C=O) groups is 4. The number of hydrogen-bond acceptors (Lipinski definition) is 5. The van der Waals surface area contributed by atoms with Gasteiger partial charge in [0, 0.05) is 12.0 Å². The molecule has 0 aliphatic rings. The molecule has 4 aromatic rings. The smallest absolute Gasteiger partial charge is 0.376 e. The van der Waals surface area contributed by atoms with Crippen LogP contribution in [0.15, 0.2) is 91.0 Å². The molecular formula is C30H26N2O5. The predicted octanol–water partition coefficient (Wildman–Crippen LogP) is 4.08. The van der Waals surface area contributed by atoms with E-state index in [2.05, 4.69) is 5.32 Å². The van der Waals surface area contributed by atoms with E-state index in [9.17, 15) is 19.2 Å². The highest BCUT2D eigenvalue weighted by molar-refractivity contribution is 6.36. The molecule has 0 saturated carbocycles. The number of Topliss-reactive ketones (excluding diaryl/α,β-unsaturated/α-hetero) is 1. The van der Waals surface area contributed by atoms with E-state index in [0.717, 1.165) is 16.3 Å². The van der Waals surface area contributed by atoms with Gasteiger partial charge in [0.05, 0.1) is 12.2 Å². The number of amides is 2. The lowest BCUT2D eigenvalue weighted by Gasteiger charge is -2.17. The molecule has 4 rings (SSSR count). The molecule has 0 aliphatic carbocycles. The Hall–Kier alpha value is -4.78. The third-order valence-electron chi connectivity index (χ3n) is 6.01. The molecule has 4 aromatic carbocycles. The van der Waals surface area contributed by atoms with Crippen LogP contribution >= 0.6 is 0 Å². The lowest BCUT2D eigenvalue weighted by molar-refractivity contribution is -0.154. The number of benzene rings is 4. The van der Waals surface area contributed by atoms with Gasteiger partial charge in [0.25, 0.3) is 11.7 Å². The van der Waals surface area contributed by atoms with Gasteiger partial charge in [0.1, 0.15) is 6.04 Å². The van der Waals surface area contributed by atoms with Crippen LogP contribution in [0.1, 0.15) is 33.2 Å². The number of rotatable bonds is 9. The molecule has 0 aliphatic heterocycles. The topological polar surface area (TPSA) is 116 Å². The van der Waals surface area contributed by atoms with Crippen molar-refractivity contribution < 1.29 is 23.9 Å². The van der Waals surface area contributed by atoms with Crippen LogP contribution in [0.25, 0.3) is 21.9 Å². The monoisotopic (exact) mass is 494 g/mol. The van der Waals surface area contributed by atoms with Crippen molar-refractivity contribution in [1.82, 2.24) is 5.32 Å². The third-order valence-corrected chi connectivity index (χ3v) is 6.01. The van der Waals surface area contributed by atoms with Crippen molar-refractivity contribution in [1.29, 1.82) is 0 Å². The SMILES string of the molecule is CCOC(=O)C(=O)C(Cc1ccccc1)NC(=O)c1ccc(-c2ccc3ccccc3c2C(N)=O)cc1. The Morgan fingerprint density at radius 2 is 1.51 bits per heavy atom. The molecule has 2 amide bonds. The summed E-state index contributed by atoms with van der Waals surface area (Å²) in [6, 6.07) is 25.8. The molecule has 3 N–H and O–H groups in total. The molecule has 37 heavy (non-hydrogen) atoms. The molecule has 1 unspecified atom stereocenters. The molecule has 0 radical (unpaired) electrons. The summed E-state index contributed by atoms with van der Waals surface area (Å²) in [6.07, 6.45) is 0.140. The summed E-state index contributed by atoms with van der Waals surface area (Å²) in [7, 11) is 0. The fourth-order valence-corrected chi connectivity index (χ4v) is 4.22. The van der Waals surface area contributed by atoms with Crippen LogP contribution in [0.3, 0.4) is 0 Å². The van der Waals surface area contributed by atoms with Crippen molar-refractivity contribution in [2.24, 2.45) is 5.73 Å². The zero-order valence-corrected chi connectivity index (χ0v) is 20.3. The number of primary amides is 1. The van der Waals surface area contributed by atoms with E-state index in [4.69, 9.17) is 10.5 Å². The first-order valence-corrected chi connectivity index (χ1v) is 11.9. The van der Waals surface area contributed by atoms with Gasteiger partial charge in [0.15, 0.2) is 0 Å². The summed E-state index contributed by atoms with van der Waals surface area (Å²) in [6.45, 7) is 1.66. The molecule has 0 aromatic heterocycles. The summed E-state index contributed by atoms with van der Waals surface area (Å²) in [5, 5.41) is 4.31. The van der Waals surface area contributed by atoms with Gasteiger partial charge in [-0.2, -0.15) is 0 Å². The number of ether oxygens (including phenoxy) is 1. The highest BCUT2D eigenvalue weighted by atomic mass is 16.5. The van der Waals surface area contributed by atoms with Crippen molar-refractivity contribution in [3.05, 3.63) is 108 Å². The summed E-state index contributed by atoms with van der Waals surface area (Å²) >= 11 is 0. The first kappa shape index (κ1) is 25.3. The minimum atomic E-state index is -1.09. The van der Waals surface area contributed by atoms with E-state index in [-0.39, 0.29) is 13.0 Å². The van der Waals surface area contributed by atoms with E-state index in [1.165, 1.54) is 0 Å². The van der Waals surface area contributed by atoms with Crippen LogP contribution in [0.5, 0.6) is 0 Å². The summed E-state index contributed by atoms with van der Waals surface area (Å²) in [5.74, 6) is -2.87. The van der Waals surface area contributed by atoms with Crippen LogP contribution in [-0.2, 0) is 20.7 Å². The van der Waals surface area contributed by atoms with E-state index in [0.29, 0.717) is 22.3 Å². The molecule has 186 valence electrons. The lowest BCUT2D eigenvalue weighted by Crippen LogP contribution is -2.46. The van der Waals surface area contributed by atoms with E-state index >= 15 is 0 Å². The second-order valence-corrected chi connectivity index (χ2v) is 8.45. The maximum Gasteiger partial charge on any atom is 0.376 e. The van der Waals surface area contributed by atoms with Gasteiger partial charge in [-0.05, 0) is 46.5 Å². The number of hydrogen-bond donors (Lipinski definition) is 2. The third kappa shape index (κ3) is 5.73. The Labute approximate surface area is 214 Å². The average Bonchev–Trinajstić information content (AvgIpc) is 2.92. The van der Waals surface area contributed by atoms with Gasteiger partial charge in [-0.25, -0.2) is 4.79 Å². The first-order chi connectivity index (χ1) is 17.9. The Bertz CT molecular complexity index is 1460. The maximum absolute atomic E-state index is 13.0. The second-order valence-electron chi connectivity index (χ2n) is 8.45. The van der Waals surface area contributed by atoms with Crippen molar-refractivity contribution in [2.75, 3.05) is 6.61 Å². The number of esters is 1. The van der Waals surface area contributed by atoms with E-state index < -0.39 is 29.6 Å². The molecule has 7 heteroatoms. The van der Waals surface area contributed by atoms with Crippen molar-refractivity contribution >= 4 is 34.3 Å². The fraction of sp³-hybridized carbons (Fsp3) is 0.133. The van der Waals surface area contributed by atoms with Gasteiger partial charge in [-0.1, -0.05) is 78.9 Å². The van der Waals surface area contributed by atoms with E-state index in [1.807, 2.05) is 66.7 Å². The zero-order chi connectivity index (χ0) is 26.4. The Morgan fingerprint density at radius 3 is 2.19 bits per heavy atom. The molecule has 0 saturated heterocycles. The number of ketones is 1. The van der Waals surface area contributed by atoms with Crippen LogP contribution in [-0.4, -0.2) is 36.2 Å². The Balaban J connectivity index is 1.59. The van der Waals surface area contributed by atoms with Gasteiger partial charge in [-0.15, -0.1) is 0 Å². The quantitative estimate of drug-likeness (QED) is 0.269. The summed E-state index contributed by atoms with van der Waals surface area (Å²) in [4.78, 5) is 50.2. The number of nitrogens with one attached hydrogen (secondary N) is 1. The Kier molecular flexibility index (Phi) is 7.74. The minimum Gasteiger partial charge on any atom is -0.460 e. The average molecular weight is 495 g/mol. The number of nitrogens with two attached hydrogens (primary N) is 1. The van der Waals surface area contributed by atoms with Crippen LogP contribution in [0.4, 0.5) is 0 Å². The largest absolute Gasteiger partial charge is 0.460 e. The Morgan fingerprint density at radius 1 is 0.838 bits per heavy atom. The number of carbonyl (C=O) groups excluding carboxylic acids is 4. The van der Waals surface area contributed by atoms with Crippen LogP contribution in [0, 0.1) is 0 Å². The van der Waals surface area contributed by atoms with Gasteiger partial charge in [-0.3, -0.25) is 14.4 Å². The normalized spacial score (nSPS) is 11.5. The number of fused-ring (bicyclic) bond motifs is 1. The molecule has 7 nitrogen and oxygen atoms in total. The molecular weight excluding hydrogens is 468 g/mol. The predicted molar refractivity (Wildman–Crippen MR) is 141 cm³/mol. The van der Waals surface area contributed by atoms with Gasteiger partial charge < -0.3 is 15.8 Å². The van der Waals surface area contributed by atoms with Gasteiger partial charge >= 0.3 is 5.97 Å². The highest BCUT2D eigenvalue weighted by Gasteiger charge is 2.28. The standard InChI is InChI=1S/C30H26N2O5/c1-2-37-30(36)27(33)25(18-19-8-4-3-5-9-19)32-29(35)22-14-12-21(13-15-22)24-17-16-20-10-6-7-11-23(20)26(24)28(31)34/h3-17,25H,2,18H2,1H3,(H2,31,34)(H,32,35). The maximum atomic E-state index is 13.0. The first-order valence-electron chi connectivity index (χ1n) is 11.9. The van der Waals surface area contributed by atoms with Crippen LogP contribution < -0.4 is 11.1 Å². The van der Waals surface area contributed by atoms with Crippen molar-refractivity contribution in [2.45, 2.75) is 19.4 Å². The second kappa shape index (κ2) is 11.3. The lowest BCUT2D eigenvalue weighted by atomic mass is 9.93. The van der Waals surface area contributed by atoms with Crippen LogP contribution in [0.2, 0.25) is 0 Å². The molecule has 0 spiro atoms. The van der Waals surface area contributed by atoms with Crippen molar-refractivity contribution in [3.63, 3.8) is 0 Å². The molecule has 0 heterocycles. The van der Waals surface area contributed by atoms with E-state index in [1.54, 1.807) is 31.2 Å². The zero-order valence-electron chi connectivity index (χ0n) is 20.3. The summed E-state index contributed by atoms with van der Waals surface area (Å²) in [5.41, 5.74) is 8.55.